The summed E-state index contributed by atoms with van der Waals surface area (Å²) in [4.78, 5) is 35.5. The van der Waals surface area contributed by atoms with Gasteiger partial charge in [0.2, 0.25) is 0 Å². The van der Waals surface area contributed by atoms with E-state index in [1.165, 1.54) is 19.3 Å². The van der Waals surface area contributed by atoms with Gasteiger partial charge in [-0.1, -0.05) is 120 Å². The molecule has 14 heteroatoms. The SMILES string of the molecule is CCC/C=C/C/C=C/C/C=C/C/C=C/CCCCCC(=O)OC[C@@H](COP(=O)(O)OC1C(O)C(O)C(O)[C@H](O)C1O)OC(=O)CCCCCCC/C=C/CCCC. The van der Waals surface area contributed by atoms with E-state index in [1.807, 2.05) is 0 Å². The molecule has 1 saturated carbocycles. The average Bonchev–Trinajstić information content (AvgIpc) is 3.19. The molecule has 57 heavy (non-hydrogen) atoms. The van der Waals surface area contributed by atoms with E-state index < -0.39 is 75.7 Å². The van der Waals surface area contributed by atoms with Crippen molar-refractivity contribution in [1.82, 2.24) is 0 Å². The van der Waals surface area contributed by atoms with Gasteiger partial charge in [0, 0.05) is 12.8 Å². The zero-order valence-electron chi connectivity index (χ0n) is 34.4. The lowest BCUT2D eigenvalue weighted by molar-refractivity contribution is -0.220. The van der Waals surface area contributed by atoms with Crippen LogP contribution in [-0.4, -0.2) is 98.3 Å². The Morgan fingerprint density at radius 2 is 0.982 bits per heavy atom. The molecule has 0 saturated heterocycles. The molecule has 1 aliphatic carbocycles. The van der Waals surface area contributed by atoms with Crippen molar-refractivity contribution in [2.45, 2.75) is 185 Å². The zero-order valence-corrected chi connectivity index (χ0v) is 35.3. The molecule has 6 N–H and O–H groups in total. The fourth-order valence-corrected chi connectivity index (χ4v) is 6.82. The Morgan fingerprint density at radius 1 is 0.544 bits per heavy atom. The Bertz CT molecular complexity index is 1230. The standard InChI is InChI=1S/C43H73O13P/c1-3-5-7-9-11-13-15-16-17-18-19-20-22-23-25-27-29-31-36(44)53-33-35(55-37(45)32-30-28-26-24-21-14-12-10-8-6-4-2)34-54-57(51,52)56-43-41(49)39(47)38(46)40(48)42(43)50/h7,9-10,12-13,15,17-18,20,22,35,38-43,46-50H,3-6,8,11,14,16,19,21,23-34H2,1-2H3,(H,51,52)/b9-7+,12-10+,15-13+,18-17+,22-20+/t35-,38?,39-,40?,41?,42?,43?/m0/s1. The van der Waals surface area contributed by atoms with Crippen LogP contribution in [0.2, 0.25) is 0 Å². The minimum Gasteiger partial charge on any atom is -0.462 e. The van der Waals surface area contributed by atoms with Gasteiger partial charge in [0.15, 0.2) is 6.10 Å². The summed E-state index contributed by atoms with van der Waals surface area (Å²) < 4.78 is 33.4. The number of carbonyl (C=O) groups is 2. The molecule has 0 amide bonds. The van der Waals surface area contributed by atoms with Gasteiger partial charge < -0.3 is 39.9 Å². The summed E-state index contributed by atoms with van der Waals surface area (Å²) in [5, 5.41) is 50.0. The minimum atomic E-state index is -5.12. The fourth-order valence-electron chi connectivity index (χ4n) is 5.85. The second-order valence-corrected chi connectivity index (χ2v) is 15.9. The predicted octanol–water partition coefficient (Wildman–Crippen LogP) is 7.38. The first kappa shape index (κ1) is 52.6. The highest BCUT2D eigenvalue weighted by Crippen LogP contribution is 2.47. The van der Waals surface area contributed by atoms with Crippen LogP contribution in [0.5, 0.6) is 0 Å². The van der Waals surface area contributed by atoms with Crippen molar-refractivity contribution >= 4 is 19.8 Å². The first-order chi connectivity index (χ1) is 27.4. The molecule has 0 bridgehead atoms. The summed E-state index contributed by atoms with van der Waals surface area (Å²) in [7, 11) is -5.12. The van der Waals surface area contributed by atoms with Gasteiger partial charge in [-0.05, 0) is 70.6 Å². The molecule has 0 aromatic heterocycles. The highest BCUT2D eigenvalue weighted by molar-refractivity contribution is 7.47. The molecule has 1 aliphatic rings. The van der Waals surface area contributed by atoms with Crippen molar-refractivity contribution in [2.24, 2.45) is 0 Å². The van der Waals surface area contributed by atoms with Crippen LogP contribution in [0.4, 0.5) is 0 Å². The molecule has 8 atom stereocenters. The maximum Gasteiger partial charge on any atom is 0.472 e. The third kappa shape index (κ3) is 26.3. The van der Waals surface area contributed by atoms with Gasteiger partial charge in [-0.15, -0.1) is 0 Å². The second kappa shape index (κ2) is 33.4. The second-order valence-electron chi connectivity index (χ2n) is 14.5. The van der Waals surface area contributed by atoms with Gasteiger partial charge in [0.1, 0.15) is 43.2 Å². The van der Waals surface area contributed by atoms with Gasteiger partial charge in [-0.3, -0.25) is 18.6 Å². The molecule has 1 rings (SSSR count). The van der Waals surface area contributed by atoms with Gasteiger partial charge in [0.05, 0.1) is 6.61 Å². The molecule has 0 heterocycles. The number of esters is 2. The summed E-state index contributed by atoms with van der Waals surface area (Å²) in [6.07, 6.45) is 25.7. The maximum atomic E-state index is 12.8. The molecule has 6 unspecified atom stereocenters. The van der Waals surface area contributed by atoms with E-state index >= 15 is 0 Å². The molecule has 0 aromatic rings. The molecule has 0 aromatic carbocycles. The number of ether oxygens (including phenoxy) is 2. The normalized spacial score (nSPS) is 23.3. The summed E-state index contributed by atoms with van der Waals surface area (Å²) >= 11 is 0. The van der Waals surface area contributed by atoms with Crippen molar-refractivity contribution in [3.05, 3.63) is 60.8 Å². The Labute approximate surface area is 341 Å². The monoisotopic (exact) mass is 828 g/mol. The Morgan fingerprint density at radius 3 is 1.54 bits per heavy atom. The summed E-state index contributed by atoms with van der Waals surface area (Å²) in [5.74, 6) is -1.15. The third-order valence-electron chi connectivity index (χ3n) is 9.31. The highest BCUT2D eigenvalue weighted by Gasteiger charge is 2.51. The smallest absolute Gasteiger partial charge is 0.462 e. The number of rotatable bonds is 33. The molecule has 13 nitrogen and oxygen atoms in total. The lowest BCUT2D eigenvalue weighted by Gasteiger charge is -2.41. The van der Waals surface area contributed by atoms with E-state index in [9.17, 15) is 44.6 Å². The quantitative estimate of drug-likeness (QED) is 0.0165. The van der Waals surface area contributed by atoms with Crippen molar-refractivity contribution in [1.29, 1.82) is 0 Å². The first-order valence-electron chi connectivity index (χ1n) is 21.1. The topological polar surface area (TPSA) is 210 Å². The van der Waals surface area contributed by atoms with Crippen molar-refractivity contribution in [3.63, 3.8) is 0 Å². The van der Waals surface area contributed by atoms with Crippen LogP contribution in [0.1, 0.15) is 142 Å². The Hall–Kier alpha value is -2.45. The molecule has 0 aliphatic heterocycles. The van der Waals surface area contributed by atoms with Crippen LogP contribution in [0.3, 0.4) is 0 Å². The maximum absolute atomic E-state index is 12.8. The molecule has 0 spiro atoms. The molecule has 328 valence electrons. The lowest BCUT2D eigenvalue weighted by Crippen LogP contribution is -2.64. The highest BCUT2D eigenvalue weighted by atomic mass is 31.2. The summed E-state index contributed by atoms with van der Waals surface area (Å²) in [5.41, 5.74) is 0. The molecular formula is C43H73O13P. The first-order valence-corrected chi connectivity index (χ1v) is 22.6. The van der Waals surface area contributed by atoms with Crippen LogP contribution in [0, 0.1) is 0 Å². The van der Waals surface area contributed by atoms with Crippen molar-refractivity contribution in [3.8, 4) is 0 Å². The third-order valence-corrected chi connectivity index (χ3v) is 10.3. The molecular weight excluding hydrogens is 755 g/mol. The van der Waals surface area contributed by atoms with Crippen LogP contribution in [0.25, 0.3) is 0 Å². The van der Waals surface area contributed by atoms with Gasteiger partial charge in [0.25, 0.3) is 0 Å². The largest absolute Gasteiger partial charge is 0.472 e. The van der Waals surface area contributed by atoms with E-state index in [2.05, 4.69) is 74.6 Å². The van der Waals surface area contributed by atoms with Crippen molar-refractivity contribution in [2.75, 3.05) is 13.2 Å². The number of phosphoric ester groups is 1. The molecule has 1 fully saturated rings. The van der Waals surface area contributed by atoms with Crippen LogP contribution < -0.4 is 0 Å². The Balaban J connectivity index is 2.52. The van der Waals surface area contributed by atoms with Crippen LogP contribution in [-0.2, 0) is 32.7 Å². The van der Waals surface area contributed by atoms with E-state index in [1.54, 1.807) is 0 Å². The number of unbranched alkanes of at least 4 members (excludes halogenated alkanes) is 11. The number of hydrogen-bond donors (Lipinski definition) is 6. The van der Waals surface area contributed by atoms with Crippen molar-refractivity contribution < 1.29 is 63.1 Å². The van der Waals surface area contributed by atoms with E-state index in [0.717, 1.165) is 83.5 Å². The van der Waals surface area contributed by atoms with Crippen LogP contribution >= 0.6 is 7.82 Å². The number of aliphatic hydroxyl groups excluding tert-OH is 5. The number of aliphatic hydroxyl groups is 5. The number of carbonyl (C=O) groups excluding carboxylic acids is 2. The van der Waals surface area contributed by atoms with Gasteiger partial charge in [-0.25, -0.2) is 4.57 Å². The fraction of sp³-hybridized carbons (Fsp3) is 0.721. The van der Waals surface area contributed by atoms with E-state index in [0.29, 0.717) is 12.8 Å². The number of allylic oxidation sites excluding steroid dienone is 10. The minimum absolute atomic E-state index is 0.0759. The number of phosphoric acid groups is 1. The van der Waals surface area contributed by atoms with Gasteiger partial charge >= 0.3 is 19.8 Å². The van der Waals surface area contributed by atoms with Crippen LogP contribution in [0.15, 0.2) is 60.8 Å². The Kier molecular flexibility index (Phi) is 30.8. The number of hydrogen-bond acceptors (Lipinski definition) is 12. The average molecular weight is 829 g/mol. The van der Waals surface area contributed by atoms with E-state index in [-0.39, 0.29) is 12.8 Å². The zero-order chi connectivity index (χ0) is 42.2. The predicted molar refractivity (Wildman–Crippen MR) is 221 cm³/mol. The lowest BCUT2D eigenvalue weighted by atomic mass is 9.85. The molecule has 0 radical (unpaired) electrons. The summed E-state index contributed by atoms with van der Waals surface area (Å²) in [6, 6.07) is 0. The van der Waals surface area contributed by atoms with Gasteiger partial charge in [-0.2, -0.15) is 0 Å². The summed E-state index contributed by atoms with van der Waals surface area (Å²) in [6.45, 7) is 3.12. The van der Waals surface area contributed by atoms with E-state index in [4.69, 9.17) is 18.5 Å².